The van der Waals surface area contributed by atoms with Crippen LogP contribution < -0.4 is 0 Å². The summed E-state index contributed by atoms with van der Waals surface area (Å²) in [7, 11) is 0. The Bertz CT molecular complexity index is 796. The Hall–Kier alpha value is -2.82. The molecule has 5 heteroatoms. The number of hydrogen-bond acceptors (Lipinski definition) is 3. The van der Waals surface area contributed by atoms with Gasteiger partial charge in [-0.05, 0) is 25.1 Å². The lowest BCUT2D eigenvalue weighted by atomic mass is 10.0. The van der Waals surface area contributed by atoms with Crippen LogP contribution in [0.4, 0.5) is 4.39 Å². The van der Waals surface area contributed by atoms with Crippen LogP contribution in [0.5, 0.6) is 0 Å². The van der Waals surface area contributed by atoms with E-state index in [9.17, 15) is 9.18 Å². The molecule has 4 nitrogen and oxygen atoms in total. The number of ketones is 1. The first-order valence-electron chi connectivity index (χ1n) is 6.43. The molecular weight excluding hydrogens is 269 g/mol. The highest BCUT2D eigenvalue weighted by Crippen LogP contribution is 2.20. The second kappa shape index (κ2) is 5.28. The second-order valence-corrected chi connectivity index (χ2v) is 4.60. The van der Waals surface area contributed by atoms with Gasteiger partial charge in [0.05, 0.1) is 5.69 Å². The van der Waals surface area contributed by atoms with Gasteiger partial charge in [0, 0.05) is 11.1 Å². The van der Waals surface area contributed by atoms with E-state index in [0.717, 1.165) is 0 Å². The number of nitrogens with zero attached hydrogens (tertiary/aromatic N) is 3. The summed E-state index contributed by atoms with van der Waals surface area (Å²) in [5.74, 6) is -0.0642. The Labute approximate surface area is 120 Å². The van der Waals surface area contributed by atoms with Crippen molar-refractivity contribution < 1.29 is 9.18 Å². The van der Waals surface area contributed by atoms with E-state index in [1.165, 1.54) is 18.5 Å². The Balaban J connectivity index is 2.16. The smallest absolute Gasteiger partial charge is 0.195 e. The number of benzene rings is 2. The van der Waals surface area contributed by atoms with E-state index in [2.05, 4.69) is 10.2 Å². The van der Waals surface area contributed by atoms with Crippen molar-refractivity contribution in [1.82, 2.24) is 14.8 Å². The SMILES string of the molecule is Cc1nncn1-c1ccc(F)cc1C(=O)c1ccccc1. The zero-order chi connectivity index (χ0) is 14.8. The minimum absolute atomic E-state index is 0.238. The van der Waals surface area contributed by atoms with Crippen LogP contribution >= 0.6 is 0 Å². The van der Waals surface area contributed by atoms with Gasteiger partial charge in [0.2, 0.25) is 0 Å². The van der Waals surface area contributed by atoms with Gasteiger partial charge in [0.1, 0.15) is 18.0 Å². The maximum absolute atomic E-state index is 13.6. The fourth-order valence-corrected chi connectivity index (χ4v) is 2.17. The van der Waals surface area contributed by atoms with E-state index in [-0.39, 0.29) is 11.3 Å². The molecule has 0 aliphatic heterocycles. The van der Waals surface area contributed by atoms with E-state index < -0.39 is 5.82 Å². The molecule has 0 saturated heterocycles. The third-order valence-electron chi connectivity index (χ3n) is 3.22. The van der Waals surface area contributed by atoms with Crippen LogP contribution in [0.3, 0.4) is 0 Å². The Morgan fingerprint density at radius 3 is 2.57 bits per heavy atom. The van der Waals surface area contributed by atoms with Gasteiger partial charge in [-0.25, -0.2) is 4.39 Å². The Kier molecular flexibility index (Phi) is 3.31. The van der Waals surface area contributed by atoms with Crippen LogP contribution in [0.15, 0.2) is 54.9 Å². The van der Waals surface area contributed by atoms with Crippen molar-refractivity contribution in [1.29, 1.82) is 0 Å². The first-order valence-corrected chi connectivity index (χ1v) is 6.43. The van der Waals surface area contributed by atoms with Crippen molar-refractivity contribution in [2.75, 3.05) is 0 Å². The molecule has 0 aliphatic carbocycles. The molecule has 0 N–H and O–H groups in total. The van der Waals surface area contributed by atoms with Crippen LogP contribution in [-0.4, -0.2) is 20.5 Å². The van der Waals surface area contributed by atoms with E-state index in [4.69, 9.17) is 0 Å². The zero-order valence-corrected chi connectivity index (χ0v) is 11.3. The molecular formula is C16H12FN3O. The molecule has 2 aromatic carbocycles. The molecule has 21 heavy (non-hydrogen) atoms. The first kappa shape index (κ1) is 13.2. The summed E-state index contributed by atoms with van der Waals surface area (Å²) in [5, 5.41) is 7.70. The van der Waals surface area contributed by atoms with Gasteiger partial charge in [-0.3, -0.25) is 9.36 Å². The molecule has 0 spiro atoms. The maximum Gasteiger partial charge on any atom is 0.195 e. The molecule has 0 fully saturated rings. The van der Waals surface area contributed by atoms with Gasteiger partial charge in [0.25, 0.3) is 0 Å². The average Bonchev–Trinajstić information content (AvgIpc) is 2.93. The fraction of sp³-hybridized carbons (Fsp3) is 0.0625. The minimum Gasteiger partial charge on any atom is -0.289 e. The molecule has 3 rings (SSSR count). The number of aryl methyl sites for hydroxylation is 1. The highest BCUT2D eigenvalue weighted by Gasteiger charge is 2.17. The predicted molar refractivity (Wildman–Crippen MR) is 75.9 cm³/mol. The van der Waals surface area contributed by atoms with Gasteiger partial charge >= 0.3 is 0 Å². The van der Waals surface area contributed by atoms with Crippen molar-refractivity contribution in [3.63, 3.8) is 0 Å². The van der Waals surface area contributed by atoms with Crippen LogP contribution in [0.1, 0.15) is 21.7 Å². The Morgan fingerprint density at radius 1 is 1.14 bits per heavy atom. The van der Waals surface area contributed by atoms with Gasteiger partial charge in [0.15, 0.2) is 5.78 Å². The quantitative estimate of drug-likeness (QED) is 0.693. The summed E-state index contributed by atoms with van der Waals surface area (Å²) in [4.78, 5) is 12.6. The molecule has 104 valence electrons. The maximum atomic E-state index is 13.6. The predicted octanol–water partition coefficient (Wildman–Crippen LogP) is 2.95. The normalized spacial score (nSPS) is 10.6. The average molecular weight is 281 g/mol. The number of halogens is 1. The van der Waals surface area contributed by atoms with Gasteiger partial charge in [-0.1, -0.05) is 30.3 Å². The van der Waals surface area contributed by atoms with Crippen molar-refractivity contribution in [2.45, 2.75) is 6.92 Å². The van der Waals surface area contributed by atoms with E-state index in [1.807, 2.05) is 6.07 Å². The monoisotopic (exact) mass is 281 g/mol. The topological polar surface area (TPSA) is 47.8 Å². The van der Waals surface area contributed by atoms with Crippen molar-refractivity contribution in [2.24, 2.45) is 0 Å². The minimum atomic E-state index is -0.455. The summed E-state index contributed by atoms with van der Waals surface area (Å²) >= 11 is 0. The standard InChI is InChI=1S/C16H12FN3O/c1-11-19-18-10-20(11)15-8-7-13(17)9-14(15)16(21)12-5-3-2-4-6-12/h2-10H,1H3. The Morgan fingerprint density at radius 2 is 1.90 bits per heavy atom. The van der Waals surface area contributed by atoms with Crippen LogP contribution in [0.25, 0.3) is 5.69 Å². The first-order chi connectivity index (χ1) is 10.2. The summed E-state index contributed by atoms with van der Waals surface area (Å²) in [6.45, 7) is 1.77. The van der Waals surface area contributed by atoms with Crippen molar-refractivity contribution >= 4 is 5.78 Å². The third-order valence-corrected chi connectivity index (χ3v) is 3.22. The number of carbonyl (C=O) groups is 1. The van der Waals surface area contributed by atoms with Crippen molar-refractivity contribution in [3.05, 3.63) is 77.6 Å². The molecule has 1 heterocycles. The lowest BCUT2D eigenvalue weighted by molar-refractivity contribution is 0.103. The van der Waals surface area contributed by atoms with Crippen LogP contribution in [0, 0.1) is 12.7 Å². The van der Waals surface area contributed by atoms with E-state index >= 15 is 0 Å². The summed E-state index contributed by atoms with van der Waals surface area (Å²) in [5.41, 5.74) is 1.35. The fourth-order valence-electron chi connectivity index (χ4n) is 2.17. The highest BCUT2D eigenvalue weighted by atomic mass is 19.1. The third kappa shape index (κ3) is 2.45. The molecule has 0 radical (unpaired) electrons. The molecule has 0 bridgehead atoms. The summed E-state index contributed by atoms with van der Waals surface area (Å²) < 4.78 is 15.2. The van der Waals surface area contributed by atoms with Gasteiger partial charge in [-0.2, -0.15) is 0 Å². The molecule has 0 aliphatic rings. The summed E-state index contributed by atoms with van der Waals surface area (Å²) in [6, 6.07) is 12.9. The largest absolute Gasteiger partial charge is 0.289 e. The van der Waals surface area contributed by atoms with Gasteiger partial charge < -0.3 is 0 Å². The lowest BCUT2D eigenvalue weighted by Gasteiger charge is -2.10. The van der Waals surface area contributed by atoms with Crippen molar-refractivity contribution in [3.8, 4) is 5.69 Å². The molecule has 0 atom stereocenters. The molecule has 0 saturated carbocycles. The number of aromatic nitrogens is 3. The zero-order valence-electron chi connectivity index (χ0n) is 11.3. The van der Waals surface area contributed by atoms with Crippen LogP contribution in [-0.2, 0) is 0 Å². The van der Waals surface area contributed by atoms with Gasteiger partial charge in [-0.15, -0.1) is 10.2 Å². The highest BCUT2D eigenvalue weighted by molar-refractivity contribution is 6.11. The lowest BCUT2D eigenvalue weighted by Crippen LogP contribution is -2.08. The molecule has 0 unspecified atom stereocenters. The second-order valence-electron chi connectivity index (χ2n) is 4.60. The number of rotatable bonds is 3. The van der Waals surface area contributed by atoms with E-state index in [0.29, 0.717) is 17.1 Å². The molecule has 0 amide bonds. The molecule has 1 aromatic heterocycles. The number of hydrogen-bond donors (Lipinski definition) is 0. The number of carbonyl (C=O) groups excluding carboxylic acids is 1. The van der Waals surface area contributed by atoms with Crippen LogP contribution in [0.2, 0.25) is 0 Å². The van der Waals surface area contributed by atoms with E-state index in [1.54, 1.807) is 41.8 Å². The molecule has 3 aromatic rings. The summed E-state index contributed by atoms with van der Waals surface area (Å²) in [6.07, 6.45) is 1.50.